The monoisotopic (exact) mass is 263 g/mol. The molecule has 0 aliphatic heterocycles. The molecular formula is C14H14ClNS. The SMILES string of the molecule is Cc1ccc(N)cc1SCc1ccc(Cl)cc1. The number of nitrogen functional groups attached to an aromatic ring is 1. The molecule has 1 nitrogen and oxygen atoms in total. The summed E-state index contributed by atoms with van der Waals surface area (Å²) in [7, 11) is 0. The summed E-state index contributed by atoms with van der Waals surface area (Å²) < 4.78 is 0. The molecule has 0 amide bonds. The third-order valence-electron chi connectivity index (χ3n) is 2.52. The minimum atomic E-state index is 0.777. The van der Waals surface area contributed by atoms with Gasteiger partial charge in [0.2, 0.25) is 0 Å². The van der Waals surface area contributed by atoms with Crippen LogP contribution in [0.4, 0.5) is 5.69 Å². The molecule has 0 aliphatic carbocycles. The van der Waals surface area contributed by atoms with Crippen LogP contribution in [-0.4, -0.2) is 0 Å². The van der Waals surface area contributed by atoms with Gasteiger partial charge in [-0.2, -0.15) is 0 Å². The molecule has 0 atom stereocenters. The maximum Gasteiger partial charge on any atom is 0.0406 e. The summed E-state index contributed by atoms with van der Waals surface area (Å²) >= 11 is 7.65. The van der Waals surface area contributed by atoms with Crippen LogP contribution in [-0.2, 0) is 5.75 Å². The molecule has 0 heterocycles. The van der Waals surface area contributed by atoms with Gasteiger partial charge in [0.15, 0.2) is 0 Å². The first-order chi connectivity index (χ1) is 8.15. The maximum atomic E-state index is 5.85. The Morgan fingerprint density at radius 3 is 2.53 bits per heavy atom. The van der Waals surface area contributed by atoms with Crippen molar-refractivity contribution in [3.63, 3.8) is 0 Å². The Kier molecular flexibility index (Phi) is 3.97. The Balaban J connectivity index is 2.07. The number of benzene rings is 2. The minimum Gasteiger partial charge on any atom is -0.399 e. The zero-order valence-corrected chi connectivity index (χ0v) is 11.2. The molecule has 0 bridgehead atoms. The molecule has 3 heteroatoms. The van der Waals surface area contributed by atoms with E-state index in [9.17, 15) is 0 Å². The molecule has 0 saturated heterocycles. The van der Waals surface area contributed by atoms with Crippen molar-refractivity contribution in [1.82, 2.24) is 0 Å². The van der Waals surface area contributed by atoms with Gasteiger partial charge in [0.05, 0.1) is 0 Å². The second-order valence-electron chi connectivity index (χ2n) is 3.94. The minimum absolute atomic E-state index is 0.777. The molecule has 2 aromatic carbocycles. The topological polar surface area (TPSA) is 26.0 Å². The zero-order chi connectivity index (χ0) is 12.3. The lowest BCUT2D eigenvalue weighted by atomic mass is 10.2. The normalized spacial score (nSPS) is 10.5. The molecule has 0 spiro atoms. The summed E-state index contributed by atoms with van der Waals surface area (Å²) in [6, 6.07) is 14.0. The average molecular weight is 264 g/mol. The van der Waals surface area contributed by atoms with Crippen LogP contribution >= 0.6 is 23.4 Å². The largest absolute Gasteiger partial charge is 0.399 e. The molecule has 17 heavy (non-hydrogen) atoms. The van der Waals surface area contributed by atoms with Crippen molar-refractivity contribution in [3.8, 4) is 0 Å². The number of hydrogen-bond donors (Lipinski definition) is 1. The number of thioether (sulfide) groups is 1. The van der Waals surface area contributed by atoms with E-state index in [4.69, 9.17) is 17.3 Å². The predicted octanol–water partition coefficient (Wildman–Crippen LogP) is 4.52. The van der Waals surface area contributed by atoms with Gasteiger partial charge in [-0.1, -0.05) is 29.8 Å². The summed E-state index contributed by atoms with van der Waals surface area (Å²) in [6.45, 7) is 2.10. The number of hydrogen-bond acceptors (Lipinski definition) is 2. The second-order valence-corrected chi connectivity index (χ2v) is 5.39. The first-order valence-electron chi connectivity index (χ1n) is 5.38. The van der Waals surface area contributed by atoms with Crippen molar-refractivity contribution in [2.75, 3.05) is 5.73 Å². The summed E-state index contributed by atoms with van der Waals surface area (Å²) in [5.41, 5.74) is 9.13. The molecule has 0 fully saturated rings. The highest BCUT2D eigenvalue weighted by molar-refractivity contribution is 7.98. The van der Waals surface area contributed by atoms with E-state index in [-0.39, 0.29) is 0 Å². The number of nitrogens with two attached hydrogens (primary N) is 1. The average Bonchev–Trinajstić information content (AvgIpc) is 2.32. The number of halogens is 1. The molecule has 0 saturated carbocycles. The molecule has 2 N–H and O–H groups in total. The summed E-state index contributed by atoms with van der Waals surface area (Å²) in [5.74, 6) is 0.932. The van der Waals surface area contributed by atoms with Crippen LogP contribution in [0.5, 0.6) is 0 Å². The standard InChI is InChI=1S/C14H14ClNS/c1-10-2-7-13(16)8-14(10)17-9-11-3-5-12(15)6-4-11/h2-8H,9,16H2,1H3. The van der Waals surface area contributed by atoms with Crippen LogP contribution in [0, 0.1) is 6.92 Å². The van der Waals surface area contributed by atoms with E-state index in [0.717, 1.165) is 16.5 Å². The van der Waals surface area contributed by atoms with Crippen molar-refractivity contribution in [2.24, 2.45) is 0 Å². The third-order valence-corrected chi connectivity index (χ3v) is 4.00. The fourth-order valence-electron chi connectivity index (χ4n) is 1.51. The fourth-order valence-corrected chi connectivity index (χ4v) is 2.67. The number of anilines is 1. The van der Waals surface area contributed by atoms with E-state index >= 15 is 0 Å². The smallest absolute Gasteiger partial charge is 0.0406 e. The molecule has 0 radical (unpaired) electrons. The first kappa shape index (κ1) is 12.3. The highest BCUT2D eigenvalue weighted by Gasteiger charge is 2.01. The Morgan fingerprint density at radius 1 is 1.12 bits per heavy atom. The quantitative estimate of drug-likeness (QED) is 0.651. The number of aryl methyl sites for hydroxylation is 1. The molecule has 0 aliphatic rings. The van der Waals surface area contributed by atoms with E-state index < -0.39 is 0 Å². The summed E-state index contributed by atoms with van der Waals surface area (Å²) in [4.78, 5) is 1.24. The number of rotatable bonds is 3. The molecule has 0 unspecified atom stereocenters. The molecular weight excluding hydrogens is 250 g/mol. The van der Waals surface area contributed by atoms with Gasteiger partial charge in [-0.3, -0.25) is 0 Å². The van der Waals surface area contributed by atoms with Gasteiger partial charge in [0.1, 0.15) is 0 Å². The Hall–Kier alpha value is -1.12. The Labute approximate surface area is 111 Å². The van der Waals surface area contributed by atoms with Gasteiger partial charge in [-0.05, 0) is 42.3 Å². The zero-order valence-electron chi connectivity index (χ0n) is 9.61. The van der Waals surface area contributed by atoms with Gasteiger partial charge in [-0.25, -0.2) is 0 Å². The molecule has 2 rings (SSSR count). The van der Waals surface area contributed by atoms with Crippen LogP contribution in [0.15, 0.2) is 47.4 Å². The Morgan fingerprint density at radius 2 is 1.82 bits per heavy atom. The van der Waals surface area contributed by atoms with E-state index in [1.807, 2.05) is 24.3 Å². The van der Waals surface area contributed by atoms with Gasteiger partial charge in [0, 0.05) is 21.4 Å². The van der Waals surface area contributed by atoms with Crippen molar-refractivity contribution >= 4 is 29.1 Å². The van der Waals surface area contributed by atoms with Gasteiger partial charge in [0.25, 0.3) is 0 Å². The third kappa shape index (κ3) is 3.42. The van der Waals surface area contributed by atoms with E-state index in [2.05, 4.69) is 25.1 Å². The van der Waals surface area contributed by atoms with Crippen LogP contribution < -0.4 is 5.73 Å². The second kappa shape index (κ2) is 5.48. The van der Waals surface area contributed by atoms with Gasteiger partial charge < -0.3 is 5.73 Å². The highest BCUT2D eigenvalue weighted by Crippen LogP contribution is 2.28. The maximum absolute atomic E-state index is 5.85. The van der Waals surface area contributed by atoms with E-state index in [1.165, 1.54) is 16.0 Å². The van der Waals surface area contributed by atoms with E-state index in [1.54, 1.807) is 11.8 Å². The van der Waals surface area contributed by atoms with Crippen LogP contribution in [0.1, 0.15) is 11.1 Å². The van der Waals surface area contributed by atoms with E-state index in [0.29, 0.717) is 0 Å². The summed E-state index contributed by atoms with van der Waals surface area (Å²) in [5, 5.41) is 0.777. The molecule has 88 valence electrons. The summed E-state index contributed by atoms with van der Waals surface area (Å²) in [6.07, 6.45) is 0. The van der Waals surface area contributed by atoms with Crippen LogP contribution in [0.2, 0.25) is 5.02 Å². The first-order valence-corrected chi connectivity index (χ1v) is 6.75. The molecule has 2 aromatic rings. The lowest BCUT2D eigenvalue weighted by Gasteiger charge is -2.06. The van der Waals surface area contributed by atoms with Crippen molar-refractivity contribution in [3.05, 3.63) is 58.6 Å². The van der Waals surface area contributed by atoms with Crippen molar-refractivity contribution in [1.29, 1.82) is 0 Å². The van der Waals surface area contributed by atoms with Crippen LogP contribution in [0.25, 0.3) is 0 Å². The Bertz CT molecular complexity index is 508. The fraction of sp³-hybridized carbons (Fsp3) is 0.143. The van der Waals surface area contributed by atoms with Crippen molar-refractivity contribution < 1.29 is 0 Å². The lowest BCUT2D eigenvalue weighted by molar-refractivity contribution is 1.29. The predicted molar refractivity (Wildman–Crippen MR) is 76.6 cm³/mol. The van der Waals surface area contributed by atoms with Gasteiger partial charge >= 0.3 is 0 Å². The molecule has 0 aromatic heterocycles. The van der Waals surface area contributed by atoms with Crippen molar-refractivity contribution in [2.45, 2.75) is 17.6 Å². The van der Waals surface area contributed by atoms with Gasteiger partial charge in [-0.15, -0.1) is 11.8 Å². The lowest BCUT2D eigenvalue weighted by Crippen LogP contribution is -1.88. The van der Waals surface area contributed by atoms with Crippen LogP contribution in [0.3, 0.4) is 0 Å². The highest BCUT2D eigenvalue weighted by atomic mass is 35.5.